The van der Waals surface area contributed by atoms with Gasteiger partial charge >= 0.3 is 5.69 Å². The number of rotatable bonds is 5. The van der Waals surface area contributed by atoms with Crippen LogP contribution in [0.5, 0.6) is 5.75 Å². The van der Waals surface area contributed by atoms with E-state index < -0.39 is 17.2 Å². The summed E-state index contributed by atoms with van der Waals surface area (Å²) >= 11 is 7.27. The highest BCUT2D eigenvalue weighted by Gasteiger charge is 2.18. The van der Waals surface area contributed by atoms with Crippen LogP contribution < -0.4 is 21.3 Å². The molecule has 0 aliphatic carbocycles. The predicted octanol–water partition coefficient (Wildman–Crippen LogP) is 4.13. The van der Waals surface area contributed by atoms with E-state index in [0.717, 1.165) is 15.7 Å². The van der Waals surface area contributed by atoms with Crippen LogP contribution in [0.4, 0.5) is 5.69 Å². The molecule has 4 rings (SSSR count). The first-order valence-electron chi connectivity index (χ1n) is 9.73. The molecule has 0 fully saturated rings. The summed E-state index contributed by atoms with van der Waals surface area (Å²) in [6, 6.07) is 12.0. The average Bonchev–Trinajstić information content (AvgIpc) is 3.21. The molecule has 0 aliphatic rings. The van der Waals surface area contributed by atoms with Crippen molar-refractivity contribution in [2.75, 3.05) is 12.4 Å². The van der Waals surface area contributed by atoms with Crippen LogP contribution in [0, 0.1) is 13.8 Å². The number of fused-ring (bicyclic) bond motifs is 1. The Morgan fingerprint density at radius 1 is 1.09 bits per heavy atom. The number of hydrogen-bond acceptors (Lipinski definition) is 5. The lowest BCUT2D eigenvalue weighted by Crippen LogP contribution is -2.40. The second-order valence-electron chi connectivity index (χ2n) is 7.38. The van der Waals surface area contributed by atoms with Gasteiger partial charge in [0.25, 0.3) is 5.56 Å². The van der Waals surface area contributed by atoms with Gasteiger partial charge in [-0.3, -0.25) is 14.2 Å². The second-order valence-corrected chi connectivity index (χ2v) is 8.74. The molecule has 1 amide bonds. The largest absolute Gasteiger partial charge is 0.495 e. The van der Waals surface area contributed by atoms with Gasteiger partial charge in [-0.15, -0.1) is 11.3 Å². The Balaban J connectivity index is 1.81. The summed E-state index contributed by atoms with van der Waals surface area (Å²) in [4.78, 5) is 39.4. The fourth-order valence-corrected chi connectivity index (χ4v) is 4.65. The topological polar surface area (TPSA) is 82.3 Å². The first kappa shape index (κ1) is 21.9. The molecular weight excluding hydrogens is 450 g/mol. The minimum Gasteiger partial charge on any atom is -0.495 e. The van der Waals surface area contributed by atoms with E-state index in [2.05, 4.69) is 5.32 Å². The van der Waals surface area contributed by atoms with Crippen LogP contribution in [0.15, 0.2) is 57.4 Å². The van der Waals surface area contributed by atoms with Crippen molar-refractivity contribution in [1.82, 2.24) is 9.13 Å². The quantitative estimate of drug-likeness (QED) is 0.476. The van der Waals surface area contributed by atoms with E-state index >= 15 is 0 Å². The Morgan fingerprint density at radius 2 is 1.81 bits per heavy atom. The number of halogens is 1. The molecule has 0 aliphatic heterocycles. The molecular formula is C23H20ClN3O4S. The van der Waals surface area contributed by atoms with Gasteiger partial charge in [0, 0.05) is 5.02 Å². The summed E-state index contributed by atoms with van der Waals surface area (Å²) in [6.45, 7) is 3.51. The summed E-state index contributed by atoms with van der Waals surface area (Å²) in [5.74, 6) is -0.0122. The molecule has 2 aromatic heterocycles. The maximum Gasteiger partial charge on any atom is 0.336 e. The second kappa shape index (κ2) is 8.64. The monoisotopic (exact) mass is 469 g/mol. The number of carbonyl (C=O) groups excluding carboxylic acids is 1. The highest BCUT2D eigenvalue weighted by Crippen LogP contribution is 2.27. The lowest BCUT2D eigenvalue weighted by molar-refractivity contribution is -0.116. The summed E-state index contributed by atoms with van der Waals surface area (Å²) in [7, 11) is 1.48. The van der Waals surface area contributed by atoms with Gasteiger partial charge in [0.15, 0.2) is 0 Å². The third kappa shape index (κ3) is 4.06. The first-order chi connectivity index (χ1) is 15.3. The Labute approximate surface area is 192 Å². The predicted molar refractivity (Wildman–Crippen MR) is 128 cm³/mol. The van der Waals surface area contributed by atoms with E-state index in [1.54, 1.807) is 41.8 Å². The van der Waals surface area contributed by atoms with Crippen LogP contribution >= 0.6 is 22.9 Å². The van der Waals surface area contributed by atoms with Crippen LogP contribution in [0.25, 0.3) is 15.9 Å². The number of methoxy groups -OCH3 is 1. The van der Waals surface area contributed by atoms with Crippen molar-refractivity contribution < 1.29 is 9.53 Å². The van der Waals surface area contributed by atoms with Gasteiger partial charge in [-0.2, -0.15) is 0 Å². The zero-order valence-electron chi connectivity index (χ0n) is 17.6. The molecule has 7 nitrogen and oxygen atoms in total. The van der Waals surface area contributed by atoms with Crippen LogP contribution in [0.3, 0.4) is 0 Å². The number of ether oxygens (including phenoxy) is 1. The molecule has 0 bridgehead atoms. The number of benzene rings is 2. The number of amides is 1. The SMILES string of the molecule is COc1ccc(Cl)cc1NC(=O)Cn1c(=O)n(-c2cc(C)cc(C)c2)c(=O)c2sccc21. The fraction of sp³-hybridized carbons (Fsp3) is 0.174. The van der Waals surface area contributed by atoms with Crippen molar-refractivity contribution in [3.05, 3.63) is 84.8 Å². The van der Waals surface area contributed by atoms with Gasteiger partial charge in [0.05, 0.1) is 24.0 Å². The minimum atomic E-state index is -0.584. The minimum absolute atomic E-state index is 0.285. The lowest BCUT2D eigenvalue weighted by atomic mass is 10.1. The van der Waals surface area contributed by atoms with E-state index in [4.69, 9.17) is 16.3 Å². The molecule has 164 valence electrons. The Morgan fingerprint density at radius 3 is 2.50 bits per heavy atom. The first-order valence-corrected chi connectivity index (χ1v) is 11.0. The van der Waals surface area contributed by atoms with E-state index in [1.165, 1.54) is 23.0 Å². The van der Waals surface area contributed by atoms with Gasteiger partial charge < -0.3 is 10.1 Å². The summed E-state index contributed by atoms with van der Waals surface area (Å²) in [5, 5.41) is 4.90. The number of anilines is 1. The molecule has 0 atom stereocenters. The molecule has 32 heavy (non-hydrogen) atoms. The number of aryl methyl sites for hydroxylation is 2. The van der Waals surface area contributed by atoms with Crippen LogP contribution in [-0.2, 0) is 11.3 Å². The number of aromatic nitrogens is 2. The lowest BCUT2D eigenvalue weighted by Gasteiger charge is -2.14. The van der Waals surface area contributed by atoms with Gasteiger partial charge in [-0.1, -0.05) is 17.7 Å². The third-order valence-corrected chi connectivity index (χ3v) is 6.08. The molecule has 1 N–H and O–H groups in total. The highest BCUT2D eigenvalue weighted by atomic mass is 35.5. The number of hydrogen-bond donors (Lipinski definition) is 1. The summed E-state index contributed by atoms with van der Waals surface area (Å²) in [6.07, 6.45) is 0. The van der Waals surface area contributed by atoms with Crippen molar-refractivity contribution in [3.8, 4) is 11.4 Å². The Hall–Kier alpha value is -3.36. The number of thiophene rings is 1. The van der Waals surface area contributed by atoms with Crippen LogP contribution in [-0.4, -0.2) is 22.2 Å². The highest BCUT2D eigenvalue weighted by molar-refractivity contribution is 7.17. The van der Waals surface area contributed by atoms with Gasteiger partial charge in [0.1, 0.15) is 17.0 Å². The van der Waals surface area contributed by atoms with Gasteiger partial charge in [0.2, 0.25) is 5.91 Å². The van der Waals surface area contributed by atoms with Gasteiger partial charge in [-0.25, -0.2) is 9.36 Å². The van der Waals surface area contributed by atoms with E-state index in [0.29, 0.717) is 32.4 Å². The molecule has 0 radical (unpaired) electrons. The summed E-state index contributed by atoms with van der Waals surface area (Å²) < 4.78 is 8.08. The number of carbonyl (C=O) groups is 1. The normalized spacial score (nSPS) is 11.0. The number of nitrogens with zero attached hydrogens (tertiary/aromatic N) is 2. The zero-order valence-corrected chi connectivity index (χ0v) is 19.2. The van der Waals surface area contributed by atoms with Crippen LogP contribution in [0.2, 0.25) is 5.02 Å². The summed E-state index contributed by atoms with van der Waals surface area (Å²) in [5.41, 5.74) is 2.14. The Kier molecular flexibility index (Phi) is 5.90. The van der Waals surface area contributed by atoms with Crippen molar-refractivity contribution in [2.24, 2.45) is 0 Å². The molecule has 2 aromatic carbocycles. The average molecular weight is 470 g/mol. The van der Waals surface area contributed by atoms with Crippen molar-refractivity contribution in [2.45, 2.75) is 20.4 Å². The zero-order chi connectivity index (χ0) is 23.0. The molecule has 0 unspecified atom stereocenters. The molecule has 9 heteroatoms. The van der Waals surface area contributed by atoms with E-state index in [-0.39, 0.29) is 6.54 Å². The fourth-order valence-electron chi connectivity index (χ4n) is 3.66. The van der Waals surface area contributed by atoms with Crippen LogP contribution in [0.1, 0.15) is 11.1 Å². The van der Waals surface area contributed by atoms with Crippen molar-refractivity contribution in [1.29, 1.82) is 0 Å². The maximum absolute atomic E-state index is 13.4. The molecule has 0 saturated heterocycles. The van der Waals surface area contributed by atoms with Crippen molar-refractivity contribution in [3.63, 3.8) is 0 Å². The van der Waals surface area contributed by atoms with Crippen molar-refractivity contribution >= 4 is 44.7 Å². The van der Waals surface area contributed by atoms with Gasteiger partial charge in [-0.05, 0) is 66.8 Å². The van der Waals surface area contributed by atoms with E-state index in [1.807, 2.05) is 19.9 Å². The third-order valence-electron chi connectivity index (χ3n) is 4.96. The molecule has 0 spiro atoms. The molecule has 4 aromatic rings. The van der Waals surface area contributed by atoms with E-state index in [9.17, 15) is 14.4 Å². The maximum atomic E-state index is 13.4. The molecule has 2 heterocycles. The Bertz CT molecular complexity index is 1450. The standard InChI is InChI=1S/C23H20ClN3O4S/c1-13-8-14(2)10-16(9-13)27-22(29)21-18(6-7-32-21)26(23(27)30)12-20(28)25-17-11-15(24)4-5-19(17)31-3/h4-11H,12H2,1-3H3,(H,25,28). The number of nitrogens with one attached hydrogen (secondary N) is 1. The smallest absolute Gasteiger partial charge is 0.336 e. The molecule has 0 saturated carbocycles.